The average Bonchev–Trinajstić information content (AvgIpc) is 2.18. The van der Waals surface area contributed by atoms with Crippen LogP contribution in [0.2, 0.25) is 0 Å². The number of nitrogens with one attached hydrogen (secondary N) is 1. The van der Waals surface area contributed by atoms with Gasteiger partial charge in [-0.2, -0.15) is 0 Å². The van der Waals surface area contributed by atoms with Crippen LogP contribution in [0.25, 0.3) is 0 Å². The topological polar surface area (TPSA) is 105 Å². The fraction of sp³-hybridized carbons (Fsp3) is 0.400. The first-order chi connectivity index (χ1) is 8.21. The number of rotatable bonds is 5. The van der Waals surface area contributed by atoms with Gasteiger partial charge in [-0.3, -0.25) is 14.9 Å². The average molecular weight is 318 g/mol. The van der Waals surface area contributed by atoms with Gasteiger partial charge in [-0.25, -0.2) is 4.98 Å². The van der Waals surface area contributed by atoms with Gasteiger partial charge in [-0.15, -0.1) is 0 Å². The molecular formula is C10H12BrN3O4. The van der Waals surface area contributed by atoms with Crippen LogP contribution in [0.1, 0.15) is 20.3 Å². The third-order valence-electron chi connectivity index (χ3n) is 2.08. The van der Waals surface area contributed by atoms with Gasteiger partial charge in [0.05, 0.1) is 11.3 Å². The number of carboxylic acid groups (broad SMARTS) is 1. The van der Waals surface area contributed by atoms with Gasteiger partial charge in [-0.1, -0.05) is 0 Å². The summed E-state index contributed by atoms with van der Waals surface area (Å²) in [6.45, 7) is 3.27. The summed E-state index contributed by atoms with van der Waals surface area (Å²) in [6.07, 6.45) is 1.23. The van der Waals surface area contributed by atoms with Gasteiger partial charge in [0, 0.05) is 22.3 Å². The number of carbonyl (C=O) groups is 1. The molecule has 1 heterocycles. The van der Waals surface area contributed by atoms with Crippen molar-refractivity contribution in [3.8, 4) is 0 Å². The van der Waals surface area contributed by atoms with Crippen LogP contribution in [-0.4, -0.2) is 26.5 Å². The maximum Gasteiger partial charge on any atom is 0.312 e. The summed E-state index contributed by atoms with van der Waals surface area (Å²) in [4.78, 5) is 24.9. The van der Waals surface area contributed by atoms with E-state index >= 15 is 0 Å². The van der Waals surface area contributed by atoms with Crippen LogP contribution in [0.5, 0.6) is 0 Å². The van der Waals surface area contributed by atoms with Crippen molar-refractivity contribution in [2.75, 3.05) is 5.32 Å². The van der Waals surface area contributed by atoms with E-state index in [1.54, 1.807) is 13.8 Å². The molecule has 0 unspecified atom stereocenters. The van der Waals surface area contributed by atoms with Crippen molar-refractivity contribution in [3.05, 3.63) is 26.9 Å². The molecule has 18 heavy (non-hydrogen) atoms. The van der Waals surface area contributed by atoms with Gasteiger partial charge in [0.15, 0.2) is 0 Å². The zero-order valence-corrected chi connectivity index (χ0v) is 11.4. The van der Waals surface area contributed by atoms with Crippen LogP contribution in [-0.2, 0) is 4.79 Å². The third kappa shape index (κ3) is 3.95. The predicted molar refractivity (Wildman–Crippen MR) is 68.5 cm³/mol. The van der Waals surface area contributed by atoms with Gasteiger partial charge < -0.3 is 10.4 Å². The second kappa shape index (κ2) is 5.30. The van der Waals surface area contributed by atoms with E-state index in [9.17, 15) is 14.9 Å². The Balaban J connectivity index is 3.03. The molecule has 2 N–H and O–H groups in total. The highest BCUT2D eigenvalue weighted by Crippen LogP contribution is 2.28. The van der Waals surface area contributed by atoms with Crippen molar-refractivity contribution < 1.29 is 14.8 Å². The van der Waals surface area contributed by atoms with Gasteiger partial charge >= 0.3 is 11.7 Å². The maximum absolute atomic E-state index is 10.9. The minimum absolute atomic E-state index is 0.0504. The summed E-state index contributed by atoms with van der Waals surface area (Å²) >= 11 is 3.10. The number of nitrogens with zero attached hydrogens (tertiary/aromatic N) is 2. The van der Waals surface area contributed by atoms with Crippen molar-refractivity contribution in [3.63, 3.8) is 0 Å². The summed E-state index contributed by atoms with van der Waals surface area (Å²) in [5.41, 5.74) is -1.04. The zero-order chi connectivity index (χ0) is 13.9. The Hall–Kier alpha value is -1.70. The highest BCUT2D eigenvalue weighted by Gasteiger charge is 2.26. The van der Waals surface area contributed by atoms with E-state index < -0.39 is 16.4 Å². The second-order valence-electron chi connectivity index (χ2n) is 4.36. The van der Waals surface area contributed by atoms with Gasteiger partial charge in [0.1, 0.15) is 0 Å². The molecule has 0 aliphatic carbocycles. The first kappa shape index (κ1) is 14.4. The Morgan fingerprint density at radius 1 is 1.67 bits per heavy atom. The minimum Gasteiger partial charge on any atom is -0.481 e. The molecule has 98 valence electrons. The van der Waals surface area contributed by atoms with E-state index in [-0.39, 0.29) is 17.9 Å². The highest BCUT2D eigenvalue weighted by atomic mass is 79.9. The van der Waals surface area contributed by atoms with Gasteiger partial charge in [-0.05, 0) is 29.8 Å². The second-order valence-corrected chi connectivity index (χ2v) is 5.27. The molecule has 0 saturated carbocycles. The SMILES string of the molecule is CC(C)(CC(=O)O)Nc1ncc(Br)cc1[N+](=O)[O-]. The molecule has 0 aliphatic rings. The largest absolute Gasteiger partial charge is 0.481 e. The number of pyridine rings is 1. The van der Waals surface area contributed by atoms with Crippen LogP contribution in [0.4, 0.5) is 11.5 Å². The first-order valence-corrected chi connectivity index (χ1v) is 5.80. The van der Waals surface area contributed by atoms with E-state index in [1.165, 1.54) is 12.3 Å². The van der Waals surface area contributed by atoms with E-state index in [2.05, 4.69) is 26.2 Å². The van der Waals surface area contributed by atoms with Gasteiger partial charge in [0.25, 0.3) is 0 Å². The van der Waals surface area contributed by atoms with Crippen molar-refractivity contribution in [1.82, 2.24) is 4.98 Å². The molecule has 1 rings (SSSR count). The lowest BCUT2D eigenvalue weighted by molar-refractivity contribution is -0.384. The Kier molecular flexibility index (Phi) is 4.23. The molecule has 0 aromatic carbocycles. The fourth-order valence-electron chi connectivity index (χ4n) is 1.41. The van der Waals surface area contributed by atoms with E-state index in [0.717, 1.165) is 0 Å². The summed E-state index contributed by atoms with van der Waals surface area (Å²) in [5.74, 6) is -0.943. The molecular weight excluding hydrogens is 306 g/mol. The number of hydrogen-bond acceptors (Lipinski definition) is 5. The fourth-order valence-corrected chi connectivity index (χ4v) is 1.73. The Morgan fingerprint density at radius 2 is 2.28 bits per heavy atom. The molecule has 0 aliphatic heterocycles. The summed E-state index contributed by atoms with van der Waals surface area (Å²) in [6, 6.07) is 1.31. The summed E-state index contributed by atoms with van der Waals surface area (Å²) in [5, 5.41) is 22.4. The Labute approximate surface area is 112 Å². The molecule has 0 amide bonds. The zero-order valence-electron chi connectivity index (χ0n) is 9.81. The lowest BCUT2D eigenvalue weighted by atomic mass is 10.0. The molecule has 0 spiro atoms. The molecule has 0 fully saturated rings. The first-order valence-electron chi connectivity index (χ1n) is 5.01. The normalized spacial score (nSPS) is 11.1. The van der Waals surface area contributed by atoms with Crippen LogP contribution in [0, 0.1) is 10.1 Å². The van der Waals surface area contributed by atoms with E-state index in [0.29, 0.717) is 4.47 Å². The predicted octanol–water partition coefficient (Wildman–Crippen LogP) is 2.42. The standard InChI is InChI=1S/C10H12BrN3O4/c1-10(2,4-8(15)16)13-9-7(14(17)18)3-6(11)5-12-9/h3,5H,4H2,1-2H3,(H,12,13)(H,15,16). The van der Waals surface area contributed by atoms with Crippen LogP contribution in [0.15, 0.2) is 16.7 Å². The van der Waals surface area contributed by atoms with Crippen molar-refractivity contribution in [1.29, 1.82) is 0 Å². The van der Waals surface area contributed by atoms with Crippen molar-refractivity contribution >= 4 is 33.4 Å². The molecule has 1 aromatic heterocycles. The molecule has 8 heteroatoms. The lowest BCUT2D eigenvalue weighted by Gasteiger charge is -2.24. The number of carboxylic acids is 1. The smallest absolute Gasteiger partial charge is 0.312 e. The molecule has 0 atom stereocenters. The van der Waals surface area contributed by atoms with E-state index in [4.69, 9.17) is 5.11 Å². The van der Waals surface area contributed by atoms with E-state index in [1.807, 2.05) is 0 Å². The molecule has 0 bridgehead atoms. The van der Waals surface area contributed by atoms with Crippen molar-refractivity contribution in [2.45, 2.75) is 25.8 Å². The van der Waals surface area contributed by atoms with Crippen LogP contribution in [0.3, 0.4) is 0 Å². The maximum atomic E-state index is 10.9. The van der Waals surface area contributed by atoms with Crippen LogP contribution < -0.4 is 5.32 Å². The molecule has 1 aromatic rings. The Bertz CT molecular complexity index is 490. The quantitative estimate of drug-likeness (QED) is 0.638. The monoisotopic (exact) mass is 317 g/mol. The molecule has 0 saturated heterocycles. The summed E-state index contributed by atoms with van der Waals surface area (Å²) in [7, 11) is 0. The number of nitro groups is 1. The third-order valence-corrected chi connectivity index (χ3v) is 2.51. The molecule has 7 nitrogen and oxygen atoms in total. The number of anilines is 1. The van der Waals surface area contributed by atoms with Gasteiger partial charge in [0.2, 0.25) is 5.82 Å². The van der Waals surface area contributed by atoms with Crippen molar-refractivity contribution in [2.24, 2.45) is 0 Å². The highest BCUT2D eigenvalue weighted by molar-refractivity contribution is 9.10. The summed E-state index contributed by atoms with van der Waals surface area (Å²) < 4.78 is 0.482. The number of aliphatic carboxylic acids is 1. The minimum atomic E-state index is -0.993. The lowest BCUT2D eigenvalue weighted by Crippen LogP contribution is -2.34. The number of hydrogen-bond donors (Lipinski definition) is 2. The number of halogens is 1. The Morgan fingerprint density at radius 3 is 2.78 bits per heavy atom. The number of aromatic nitrogens is 1. The van der Waals surface area contributed by atoms with Crippen LogP contribution >= 0.6 is 15.9 Å². The molecule has 0 radical (unpaired) electrons.